The summed E-state index contributed by atoms with van der Waals surface area (Å²) in [5, 5.41) is 10.5. The second-order valence-electron chi connectivity index (χ2n) is 10.8. The lowest BCUT2D eigenvalue weighted by Crippen LogP contribution is -2.53. The van der Waals surface area contributed by atoms with Gasteiger partial charge in [0.25, 0.3) is 0 Å². The standard InChI is InChI=1S/C25H43N5O7/c1-16(2)10-18(23(34)25(5)15-37-25)28-21(32)13-27-24(35)19(11-17(3)4)29-20(31)12-26-22(33)14-30-6-8-36-9-7-30/h16-19H,6-15H2,1-5H3,(H,26,33)(H,27,35)(H,28,32)(H,29,31)/t18-,19-,25+/m0/s1. The van der Waals surface area contributed by atoms with Crippen molar-refractivity contribution in [2.75, 3.05) is 52.5 Å². The predicted molar refractivity (Wildman–Crippen MR) is 135 cm³/mol. The molecule has 2 saturated heterocycles. The van der Waals surface area contributed by atoms with Gasteiger partial charge in [-0.15, -0.1) is 0 Å². The lowest BCUT2D eigenvalue weighted by molar-refractivity contribution is -0.132. The molecular weight excluding hydrogens is 482 g/mol. The van der Waals surface area contributed by atoms with Crippen molar-refractivity contribution in [3.63, 3.8) is 0 Å². The monoisotopic (exact) mass is 525 g/mol. The summed E-state index contributed by atoms with van der Waals surface area (Å²) in [4.78, 5) is 64.5. The number of ether oxygens (including phenoxy) is 2. The van der Waals surface area contributed by atoms with E-state index in [9.17, 15) is 24.0 Å². The summed E-state index contributed by atoms with van der Waals surface area (Å²) in [6.07, 6.45) is 0.811. The van der Waals surface area contributed by atoms with Crippen LogP contribution >= 0.6 is 0 Å². The molecule has 37 heavy (non-hydrogen) atoms. The number of Topliss-reactive ketones (excluding diaryl/α,β-unsaturated/α-hetero) is 1. The van der Waals surface area contributed by atoms with E-state index in [-0.39, 0.29) is 43.2 Å². The van der Waals surface area contributed by atoms with Crippen molar-refractivity contribution >= 4 is 29.4 Å². The number of hydrogen-bond donors (Lipinski definition) is 4. The van der Waals surface area contributed by atoms with E-state index in [0.717, 1.165) is 0 Å². The fourth-order valence-corrected chi connectivity index (χ4v) is 4.00. The fourth-order valence-electron chi connectivity index (χ4n) is 4.00. The molecule has 0 saturated carbocycles. The second kappa shape index (κ2) is 14.4. The summed E-state index contributed by atoms with van der Waals surface area (Å²) in [7, 11) is 0. The molecule has 210 valence electrons. The van der Waals surface area contributed by atoms with Crippen molar-refractivity contribution in [1.29, 1.82) is 0 Å². The van der Waals surface area contributed by atoms with Gasteiger partial charge in [-0.25, -0.2) is 0 Å². The minimum Gasteiger partial charge on any atom is -0.379 e. The number of morpholine rings is 1. The third kappa shape index (κ3) is 11.1. The zero-order valence-corrected chi connectivity index (χ0v) is 22.7. The highest BCUT2D eigenvalue weighted by Gasteiger charge is 2.50. The number of carbonyl (C=O) groups is 5. The Morgan fingerprint density at radius 1 is 0.811 bits per heavy atom. The first-order chi connectivity index (χ1) is 17.4. The third-order valence-electron chi connectivity index (χ3n) is 6.16. The number of epoxide rings is 1. The number of nitrogens with zero attached hydrogens (tertiary/aromatic N) is 1. The van der Waals surface area contributed by atoms with Crippen LogP contribution in [-0.2, 0) is 33.4 Å². The van der Waals surface area contributed by atoms with Crippen LogP contribution in [0.3, 0.4) is 0 Å². The zero-order valence-electron chi connectivity index (χ0n) is 22.7. The molecule has 2 rings (SSSR count). The molecule has 0 aromatic heterocycles. The zero-order chi connectivity index (χ0) is 27.6. The number of carbonyl (C=O) groups excluding carboxylic acids is 5. The number of nitrogens with one attached hydrogen (secondary N) is 4. The van der Waals surface area contributed by atoms with Crippen molar-refractivity contribution in [3.05, 3.63) is 0 Å². The van der Waals surface area contributed by atoms with E-state index < -0.39 is 35.4 Å². The Labute approximate surface area is 218 Å². The van der Waals surface area contributed by atoms with Crippen molar-refractivity contribution in [2.45, 2.75) is 65.1 Å². The lowest BCUT2D eigenvalue weighted by atomic mass is 9.93. The predicted octanol–water partition coefficient (Wildman–Crippen LogP) is -1.03. The maximum absolute atomic E-state index is 12.8. The number of ketones is 1. The Kier molecular flexibility index (Phi) is 11.9. The summed E-state index contributed by atoms with van der Waals surface area (Å²) in [6, 6.07) is -1.58. The van der Waals surface area contributed by atoms with Gasteiger partial charge in [0, 0.05) is 13.1 Å². The fraction of sp³-hybridized carbons (Fsp3) is 0.800. The molecule has 0 bridgehead atoms. The average Bonchev–Trinajstić information content (AvgIpc) is 3.58. The van der Waals surface area contributed by atoms with Gasteiger partial charge in [0.2, 0.25) is 23.6 Å². The molecule has 0 aliphatic carbocycles. The molecule has 0 radical (unpaired) electrons. The third-order valence-corrected chi connectivity index (χ3v) is 6.16. The van der Waals surface area contributed by atoms with E-state index in [2.05, 4.69) is 21.3 Å². The maximum atomic E-state index is 12.8. The first-order valence-electron chi connectivity index (χ1n) is 13.0. The summed E-state index contributed by atoms with van der Waals surface area (Å²) < 4.78 is 10.5. The molecule has 2 aliphatic rings. The van der Waals surface area contributed by atoms with Crippen LogP contribution in [0.4, 0.5) is 0 Å². The van der Waals surface area contributed by atoms with Gasteiger partial charge in [0.05, 0.1) is 45.5 Å². The number of rotatable bonds is 15. The first kappa shape index (κ1) is 30.7. The van der Waals surface area contributed by atoms with Gasteiger partial charge in [0.1, 0.15) is 11.6 Å². The van der Waals surface area contributed by atoms with Crippen molar-refractivity contribution in [1.82, 2.24) is 26.2 Å². The largest absolute Gasteiger partial charge is 0.379 e. The first-order valence-corrected chi connectivity index (χ1v) is 13.0. The molecule has 2 fully saturated rings. The van der Waals surface area contributed by atoms with Gasteiger partial charge < -0.3 is 30.7 Å². The van der Waals surface area contributed by atoms with Crippen LogP contribution in [0.15, 0.2) is 0 Å². The molecule has 12 heteroatoms. The van der Waals surface area contributed by atoms with Crippen molar-refractivity contribution in [3.8, 4) is 0 Å². The smallest absolute Gasteiger partial charge is 0.243 e. The Balaban J connectivity index is 1.81. The van der Waals surface area contributed by atoms with Crippen molar-refractivity contribution in [2.24, 2.45) is 11.8 Å². The molecular formula is C25H43N5O7. The highest BCUT2D eigenvalue weighted by molar-refractivity contribution is 5.97. The topological polar surface area (TPSA) is 158 Å². The Morgan fingerprint density at radius 3 is 1.86 bits per heavy atom. The minimum absolute atomic E-state index is 0.0908. The molecule has 0 aromatic rings. The van der Waals surface area contributed by atoms with Crippen LogP contribution in [0.2, 0.25) is 0 Å². The number of hydrogen-bond acceptors (Lipinski definition) is 8. The van der Waals surface area contributed by atoms with Crippen LogP contribution in [-0.4, -0.2) is 105 Å². The van der Waals surface area contributed by atoms with E-state index in [1.54, 1.807) is 6.92 Å². The van der Waals surface area contributed by atoms with Gasteiger partial charge in [0.15, 0.2) is 5.78 Å². The average molecular weight is 526 g/mol. The lowest BCUT2D eigenvalue weighted by Gasteiger charge is -2.25. The van der Waals surface area contributed by atoms with Gasteiger partial charge in [-0.05, 0) is 31.6 Å². The number of amides is 4. The van der Waals surface area contributed by atoms with Gasteiger partial charge >= 0.3 is 0 Å². The molecule has 4 N–H and O–H groups in total. The van der Waals surface area contributed by atoms with Crippen LogP contribution in [0.25, 0.3) is 0 Å². The molecule has 0 unspecified atom stereocenters. The summed E-state index contributed by atoms with van der Waals surface area (Å²) in [5.74, 6) is -1.71. The quantitative estimate of drug-likeness (QED) is 0.198. The highest BCUT2D eigenvalue weighted by Crippen LogP contribution is 2.29. The summed E-state index contributed by atoms with van der Waals surface area (Å²) in [5.41, 5.74) is -0.861. The van der Waals surface area contributed by atoms with E-state index in [1.807, 2.05) is 32.6 Å². The van der Waals surface area contributed by atoms with Crippen LogP contribution in [0.1, 0.15) is 47.5 Å². The SMILES string of the molecule is CC(C)C[C@H](NC(=O)CNC(=O)CN1CCOCC1)C(=O)NCC(=O)N[C@@H](CC(C)C)C(=O)[C@@]1(C)CO1. The molecule has 2 aliphatic heterocycles. The molecule has 0 spiro atoms. The summed E-state index contributed by atoms with van der Waals surface area (Å²) >= 11 is 0. The van der Waals surface area contributed by atoms with Gasteiger partial charge in [-0.3, -0.25) is 28.9 Å². The molecule has 3 atom stereocenters. The van der Waals surface area contributed by atoms with Gasteiger partial charge in [-0.2, -0.15) is 0 Å². The van der Waals surface area contributed by atoms with E-state index in [4.69, 9.17) is 9.47 Å². The van der Waals surface area contributed by atoms with Crippen LogP contribution < -0.4 is 21.3 Å². The highest BCUT2D eigenvalue weighted by atomic mass is 16.6. The van der Waals surface area contributed by atoms with E-state index >= 15 is 0 Å². The van der Waals surface area contributed by atoms with Gasteiger partial charge in [-0.1, -0.05) is 27.7 Å². The Bertz CT molecular complexity index is 822. The van der Waals surface area contributed by atoms with Crippen LogP contribution in [0, 0.1) is 11.8 Å². The normalized spacial score (nSPS) is 21.2. The second-order valence-corrected chi connectivity index (χ2v) is 10.8. The Morgan fingerprint density at radius 2 is 1.32 bits per heavy atom. The molecule has 4 amide bonds. The summed E-state index contributed by atoms with van der Waals surface area (Å²) in [6.45, 7) is 11.8. The van der Waals surface area contributed by atoms with Crippen molar-refractivity contribution < 1.29 is 33.4 Å². The molecule has 12 nitrogen and oxygen atoms in total. The molecule has 2 heterocycles. The Hall–Kier alpha value is -2.57. The minimum atomic E-state index is -0.872. The maximum Gasteiger partial charge on any atom is 0.243 e. The van der Waals surface area contributed by atoms with E-state index in [0.29, 0.717) is 45.8 Å². The van der Waals surface area contributed by atoms with E-state index in [1.165, 1.54) is 0 Å². The molecule has 0 aromatic carbocycles. The van der Waals surface area contributed by atoms with Crippen LogP contribution in [0.5, 0.6) is 0 Å².